The van der Waals surface area contributed by atoms with Gasteiger partial charge in [0.15, 0.2) is 0 Å². The summed E-state index contributed by atoms with van der Waals surface area (Å²) in [6, 6.07) is 0. The third kappa shape index (κ3) is 6.60. The first kappa shape index (κ1) is 12.4. The Labute approximate surface area is 80.9 Å². The average Bonchev–Trinajstić information content (AvgIpc) is 2.54. The van der Waals surface area contributed by atoms with Crippen molar-refractivity contribution in [1.29, 1.82) is 0 Å². The van der Waals surface area contributed by atoms with Crippen molar-refractivity contribution in [3.05, 3.63) is 12.2 Å². The van der Waals surface area contributed by atoms with Crippen molar-refractivity contribution < 1.29 is 14.4 Å². The van der Waals surface area contributed by atoms with Gasteiger partial charge in [-0.25, -0.2) is 4.98 Å². The molecule has 0 saturated heterocycles. The van der Waals surface area contributed by atoms with Gasteiger partial charge >= 0.3 is 8.25 Å². The number of nitrogens with zero attached hydrogens (tertiary/aromatic N) is 2. The lowest BCUT2D eigenvalue weighted by atomic mass is 10.3. The first-order valence-corrected chi connectivity index (χ1v) is 5.02. The number of alkyl halides is 1. The molecule has 3 N–H and O–H groups in total. The molecule has 1 unspecified atom stereocenters. The first-order valence-electron chi connectivity index (χ1n) is 3.42. The molecule has 1 aromatic heterocycles. The molecule has 8 heteroatoms. The molecule has 0 fully saturated rings. The normalized spacial score (nSPS) is 11.4. The second kappa shape index (κ2) is 6.91. The van der Waals surface area contributed by atoms with E-state index in [1.807, 2.05) is 6.92 Å². The lowest BCUT2D eigenvalue weighted by molar-refractivity contribution is 0.405. The van der Waals surface area contributed by atoms with Gasteiger partial charge in [-0.2, -0.15) is 5.10 Å². The molecule has 1 rings (SSSR count). The number of hydrogen-bond donors (Lipinski definition) is 3. The zero-order chi connectivity index (χ0) is 10.3. The molecule has 0 aliphatic heterocycles. The average molecular weight is 227 g/mol. The van der Waals surface area contributed by atoms with Crippen LogP contribution in [0.5, 0.6) is 0 Å². The highest BCUT2D eigenvalue weighted by Gasteiger charge is 2.05. The Bertz CT molecular complexity index is 239. The van der Waals surface area contributed by atoms with Crippen LogP contribution in [0.2, 0.25) is 0 Å². The Morgan fingerprint density at radius 2 is 2.31 bits per heavy atom. The molecule has 0 aliphatic rings. The summed E-state index contributed by atoms with van der Waals surface area (Å²) in [5.74, 6) is 0.749. The van der Waals surface area contributed by atoms with E-state index < -0.39 is 8.25 Å². The molecule has 0 radical (unpaired) electrons. The van der Waals surface area contributed by atoms with Crippen LogP contribution in [0.4, 0.5) is 0 Å². The van der Waals surface area contributed by atoms with E-state index in [1.54, 1.807) is 0 Å². The predicted octanol–water partition coefficient (Wildman–Crippen LogP) is 1.12. The van der Waals surface area contributed by atoms with Crippen LogP contribution in [0.25, 0.3) is 0 Å². The Morgan fingerprint density at radius 1 is 1.77 bits per heavy atom. The number of hydrogen-bond acceptors (Lipinski definition) is 3. The number of aromatic amines is 1. The van der Waals surface area contributed by atoms with Crippen LogP contribution in [0.15, 0.2) is 6.33 Å². The van der Waals surface area contributed by atoms with Crippen LogP contribution in [-0.4, -0.2) is 25.0 Å². The number of H-pyrrole nitrogens is 1. The molecular weight excluding hydrogens is 216 g/mol. The third-order valence-corrected chi connectivity index (χ3v) is 1.60. The summed E-state index contributed by atoms with van der Waals surface area (Å²) in [6.07, 6.45) is 2.33. The first-order chi connectivity index (χ1) is 6.07. The van der Waals surface area contributed by atoms with Gasteiger partial charge in [0.25, 0.3) is 0 Å². The standard InChI is InChI=1S/C5H8ClN3.HO3P/c1-2-4(6)5-7-3-8-9-5;1-4(2)3/h3-4H,2H2,1H3,(H,7,8,9);(H-,1,2,3)/p+1. The number of rotatable bonds is 2. The maximum absolute atomic E-state index is 8.70. The highest BCUT2D eigenvalue weighted by molar-refractivity contribution is 7.30. The minimum Gasteiger partial charge on any atom is -0.262 e. The van der Waals surface area contributed by atoms with Gasteiger partial charge in [-0.05, 0) is 6.42 Å². The van der Waals surface area contributed by atoms with Crippen molar-refractivity contribution in [3.8, 4) is 0 Å². The van der Waals surface area contributed by atoms with Crippen molar-refractivity contribution in [2.75, 3.05) is 0 Å². The quantitative estimate of drug-likeness (QED) is 0.518. The molecule has 0 aromatic carbocycles. The second-order valence-electron chi connectivity index (χ2n) is 2.00. The van der Waals surface area contributed by atoms with Crippen LogP contribution >= 0.6 is 19.9 Å². The summed E-state index contributed by atoms with van der Waals surface area (Å²) in [4.78, 5) is 18.1. The molecule has 74 valence electrons. The molecule has 1 heterocycles. The van der Waals surface area contributed by atoms with E-state index in [4.69, 9.17) is 26.0 Å². The number of aromatic nitrogens is 3. The molecule has 0 saturated carbocycles. The minimum atomic E-state index is -2.87. The summed E-state index contributed by atoms with van der Waals surface area (Å²) in [6.45, 7) is 2.00. The monoisotopic (exact) mass is 226 g/mol. The van der Waals surface area contributed by atoms with Crippen LogP contribution < -0.4 is 0 Å². The molecule has 6 nitrogen and oxygen atoms in total. The smallest absolute Gasteiger partial charge is 0.262 e. The number of nitrogens with one attached hydrogen (secondary N) is 1. The van der Waals surface area contributed by atoms with Gasteiger partial charge in [-0.15, -0.1) is 21.4 Å². The van der Waals surface area contributed by atoms with Crippen LogP contribution in [0, 0.1) is 0 Å². The fourth-order valence-electron chi connectivity index (χ4n) is 0.559. The van der Waals surface area contributed by atoms with E-state index in [0.29, 0.717) is 0 Å². The summed E-state index contributed by atoms with van der Waals surface area (Å²) < 4.78 is 8.70. The Balaban J connectivity index is 0.000000310. The van der Waals surface area contributed by atoms with Gasteiger partial charge < -0.3 is 0 Å². The fourth-order valence-corrected chi connectivity index (χ4v) is 0.664. The topological polar surface area (TPSA) is 99.1 Å². The molecule has 0 spiro atoms. The maximum Gasteiger partial charge on any atom is 0.692 e. The number of halogens is 1. The summed E-state index contributed by atoms with van der Waals surface area (Å²) in [5.41, 5.74) is 0. The second-order valence-corrected chi connectivity index (χ2v) is 3.03. The molecular formula is C5H10ClN3O3P+. The van der Waals surface area contributed by atoms with E-state index in [9.17, 15) is 0 Å². The highest BCUT2D eigenvalue weighted by atomic mass is 35.5. The molecule has 13 heavy (non-hydrogen) atoms. The highest BCUT2D eigenvalue weighted by Crippen LogP contribution is 2.18. The van der Waals surface area contributed by atoms with Crippen molar-refractivity contribution in [3.63, 3.8) is 0 Å². The lowest BCUT2D eigenvalue weighted by Crippen LogP contribution is -1.90. The van der Waals surface area contributed by atoms with Gasteiger partial charge in [-0.1, -0.05) is 6.92 Å². The van der Waals surface area contributed by atoms with Gasteiger partial charge in [0.05, 0.1) is 5.38 Å². The van der Waals surface area contributed by atoms with E-state index in [-0.39, 0.29) is 5.38 Å². The van der Waals surface area contributed by atoms with Gasteiger partial charge in [0.1, 0.15) is 12.2 Å². The van der Waals surface area contributed by atoms with Gasteiger partial charge in [0, 0.05) is 4.57 Å². The Kier molecular flexibility index (Phi) is 6.62. The molecule has 1 atom stereocenters. The van der Waals surface area contributed by atoms with E-state index >= 15 is 0 Å². The SMILES string of the molecule is CCC(Cl)c1ncn[nH]1.O=[P+](O)O. The van der Waals surface area contributed by atoms with Crippen molar-refractivity contribution in [2.45, 2.75) is 18.7 Å². The zero-order valence-electron chi connectivity index (χ0n) is 6.88. The lowest BCUT2D eigenvalue weighted by Gasteiger charge is -1.97. The van der Waals surface area contributed by atoms with Crippen LogP contribution in [0.3, 0.4) is 0 Å². The zero-order valence-corrected chi connectivity index (χ0v) is 8.53. The largest absolute Gasteiger partial charge is 0.692 e. The van der Waals surface area contributed by atoms with Crippen LogP contribution in [-0.2, 0) is 4.57 Å². The van der Waals surface area contributed by atoms with Crippen molar-refractivity contribution in [1.82, 2.24) is 15.2 Å². The molecule has 1 aromatic rings. The van der Waals surface area contributed by atoms with E-state index in [1.165, 1.54) is 6.33 Å². The molecule has 0 aliphatic carbocycles. The van der Waals surface area contributed by atoms with E-state index in [0.717, 1.165) is 12.2 Å². The third-order valence-electron chi connectivity index (χ3n) is 1.09. The Morgan fingerprint density at radius 3 is 2.62 bits per heavy atom. The fraction of sp³-hybridized carbons (Fsp3) is 0.600. The molecule has 0 bridgehead atoms. The van der Waals surface area contributed by atoms with E-state index in [2.05, 4.69) is 15.2 Å². The summed E-state index contributed by atoms with van der Waals surface area (Å²) >= 11 is 5.80. The summed E-state index contributed by atoms with van der Waals surface area (Å²) in [5, 5.41) is 6.34. The summed E-state index contributed by atoms with van der Waals surface area (Å²) in [7, 11) is -2.87. The van der Waals surface area contributed by atoms with Crippen molar-refractivity contribution in [2.24, 2.45) is 0 Å². The Hall–Kier alpha value is -0.550. The molecule has 0 amide bonds. The predicted molar refractivity (Wildman–Crippen MR) is 47.3 cm³/mol. The van der Waals surface area contributed by atoms with Crippen LogP contribution in [0.1, 0.15) is 24.5 Å². The van der Waals surface area contributed by atoms with Gasteiger partial charge in [0.2, 0.25) is 0 Å². The minimum absolute atomic E-state index is 0.0208. The maximum atomic E-state index is 8.70. The van der Waals surface area contributed by atoms with Gasteiger partial charge in [-0.3, -0.25) is 5.10 Å². The van der Waals surface area contributed by atoms with Crippen molar-refractivity contribution >= 4 is 19.9 Å².